The number of carbonyl (C=O) groups excluding carboxylic acids is 1. The number of ether oxygens (including phenoxy) is 1. The minimum Gasteiger partial charge on any atom is -0.480 e. The van der Waals surface area contributed by atoms with Crippen molar-refractivity contribution in [2.75, 3.05) is 26.0 Å². The maximum absolute atomic E-state index is 12.2. The Kier molecular flexibility index (Phi) is 6.56. The van der Waals surface area contributed by atoms with Gasteiger partial charge in [-0.15, -0.1) is 0 Å². The summed E-state index contributed by atoms with van der Waals surface area (Å²) in [5.74, 6) is -1.82. The summed E-state index contributed by atoms with van der Waals surface area (Å²) < 4.78 is 30.1. The summed E-state index contributed by atoms with van der Waals surface area (Å²) in [4.78, 5) is 23.2. The second kappa shape index (κ2) is 7.71. The fourth-order valence-corrected chi connectivity index (χ4v) is 4.07. The summed E-state index contributed by atoms with van der Waals surface area (Å²) in [5, 5.41) is 11.3. The number of rotatable bonds is 8. The van der Waals surface area contributed by atoms with Gasteiger partial charge in [-0.3, -0.25) is 4.79 Å². The standard InChI is InChI=1S/C12H22N2O6S/c1-3-7-21(18,19)14-6-4-5-10(14)11(15)13-9(8-20-2)12(16)17/h9-10H,3-8H2,1-2H3,(H,13,15)(H,16,17). The molecule has 122 valence electrons. The number of carboxylic acids is 1. The zero-order valence-electron chi connectivity index (χ0n) is 12.2. The molecule has 1 aliphatic heterocycles. The van der Waals surface area contributed by atoms with Crippen LogP contribution in [0.25, 0.3) is 0 Å². The average molecular weight is 322 g/mol. The first kappa shape index (κ1) is 17.9. The number of carbonyl (C=O) groups is 2. The number of hydrogen-bond donors (Lipinski definition) is 2. The van der Waals surface area contributed by atoms with E-state index in [0.717, 1.165) is 0 Å². The lowest BCUT2D eigenvalue weighted by Gasteiger charge is -2.24. The molecule has 1 fully saturated rings. The molecular formula is C12H22N2O6S. The molecule has 0 bridgehead atoms. The normalized spacial score (nSPS) is 21.1. The number of carboxylic acid groups (broad SMARTS) is 1. The molecule has 1 heterocycles. The first-order chi connectivity index (χ1) is 9.83. The molecule has 0 aromatic carbocycles. The van der Waals surface area contributed by atoms with Crippen molar-refractivity contribution in [1.29, 1.82) is 0 Å². The molecule has 2 atom stereocenters. The first-order valence-corrected chi connectivity index (χ1v) is 8.46. The number of nitrogens with one attached hydrogen (secondary N) is 1. The molecule has 8 nitrogen and oxygen atoms in total. The predicted molar refractivity (Wildman–Crippen MR) is 75.2 cm³/mol. The van der Waals surface area contributed by atoms with Crippen molar-refractivity contribution in [2.45, 2.75) is 38.3 Å². The van der Waals surface area contributed by atoms with Crippen LogP contribution in [0.1, 0.15) is 26.2 Å². The van der Waals surface area contributed by atoms with Crippen LogP contribution in [-0.2, 0) is 24.3 Å². The molecular weight excluding hydrogens is 300 g/mol. The lowest BCUT2D eigenvalue weighted by atomic mass is 10.2. The van der Waals surface area contributed by atoms with E-state index in [1.807, 2.05) is 0 Å². The van der Waals surface area contributed by atoms with Crippen LogP contribution >= 0.6 is 0 Å². The quantitative estimate of drug-likeness (QED) is 0.617. The molecule has 0 aromatic heterocycles. The molecule has 9 heteroatoms. The van der Waals surface area contributed by atoms with E-state index in [-0.39, 0.29) is 12.4 Å². The van der Waals surface area contributed by atoms with Crippen LogP contribution in [-0.4, -0.2) is 67.8 Å². The highest BCUT2D eigenvalue weighted by molar-refractivity contribution is 7.89. The maximum atomic E-state index is 12.2. The second-order valence-corrected chi connectivity index (χ2v) is 6.98. The van der Waals surface area contributed by atoms with Gasteiger partial charge in [0.1, 0.15) is 6.04 Å². The van der Waals surface area contributed by atoms with E-state index in [1.54, 1.807) is 6.92 Å². The highest BCUT2D eigenvalue weighted by atomic mass is 32.2. The van der Waals surface area contributed by atoms with Crippen molar-refractivity contribution in [1.82, 2.24) is 9.62 Å². The van der Waals surface area contributed by atoms with Crippen LogP contribution in [0.5, 0.6) is 0 Å². The van der Waals surface area contributed by atoms with Crippen molar-refractivity contribution in [2.24, 2.45) is 0 Å². The SMILES string of the molecule is CCCS(=O)(=O)N1CCCC1C(=O)NC(COC)C(=O)O. The molecule has 2 unspecified atom stereocenters. The molecule has 1 rings (SSSR count). The highest BCUT2D eigenvalue weighted by Crippen LogP contribution is 2.22. The van der Waals surface area contributed by atoms with Gasteiger partial charge in [0, 0.05) is 13.7 Å². The number of hydrogen-bond acceptors (Lipinski definition) is 5. The van der Waals surface area contributed by atoms with Gasteiger partial charge < -0.3 is 15.2 Å². The Morgan fingerprint density at radius 2 is 2.14 bits per heavy atom. The minimum atomic E-state index is -3.48. The maximum Gasteiger partial charge on any atom is 0.328 e. The van der Waals surface area contributed by atoms with Crippen LogP contribution in [0.4, 0.5) is 0 Å². The Labute approximate surface area is 124 Å². The van der Waals surface area contributed by atoms with Crippen LogP contribution in [0.2, 0.25) is 0 Å². The van der Waals surface area contributed by atoms with Gasteiger partial charge in [0.2, 0.25) is 15.9 Å². The summed E-state index contributed by atoms with van der Waals surface area (Å²) >= 11 is 0. The third-order valence-corrected chi connectivity index (χ3v) is 5.35. The van der Waals surface area contributed by atoms with Crippen molar-refractivity contribution in [3.8, 4) is 0 Å². The van der Waals surface area contributed by atoms with Gasteiger partial charge >= 0.3 is 5.97 Å². The van der Waals surface area contributed by atoms with Crippen LogP contribution < -0.4 is 5.32 Å². The van der Waals surface area contributed by atoms with Gasteiger partial charge in [0.05, 0.1) is 12.4 Å². The van der Waals surface area contributed by atoms with Crippen molar-refractivity contribution >= 4 is 21.9 Å². The van der Waals surface area contributed by atoms with E-state index < -0.39 is 34.0 Å². The van der Waals surface area contributed by atoms with Gasteiger partial charge in [0.15, 0.2) is 6.04 Å². The number of sulfonamides is 1. The molecule has 0 aromatic rings. The lowest BCUT2D eigenvalue weighted by Crippen LogP contribution is -2.52. The average Bonchev–Trinajstić information content (AvgIpc) is 2.88. The van der Waals surface area contributed by atoms with E-state index in [2.05, 4.69) is 5.32 Å². The zero-order valence-corrected chi connectivity index (χ0v) is 13.1. The molecule has 1 saturated heterocycles. The molecule has 1 amide bonds. The van der Waals surface area contributed by atoms with Gasteiger partial charge in [-0.25, -0.2) is 13.2 Å². The van der Waals surface area contributed by atoms with E-state index in [1.165, 1.54) is 11.4 Å². The Morgan fingerprint density at radius 1 is 1.48 bits per heavy atom. The Morgan fingerprint density at radius 3 is 2.67 bits per heavy atom. The number of methoxy groups -OCH3 is 1. The number of nitrogens with zero attached hydrogens (tertiary/aromatic N) is 1. The molecule has 0 saturated carbocycles. The molecule has 0 spiro atoms. The Hall–Kier alpha value is -1.19. The van der Waals surface area contributed by atoms with Crippen molar-refractivity contribution in [3.05, 3.63) is 0 Å². The molecule has 1 aliphatic rings. The van der Waals surface area contributed by atoms with Gasteiger partial charge in [-0.1, -0.05) is 6.92 Å². The van der Waals surface area contributed by atoms with E-state index >= 15 is 0 Å². The topological polar surface area (TPSA) is 113 Å². The Bertz CT molecular complexity index is 478. The van der Waals surface area contributed by atoms with Crippen LogP contribution in [0, 0.1) is 0 Å². The van der Waals surface area contributed by atoms with E-state index in [0.29, 0.717) is 25.8 Å². The van der Waals surface area contributed by atoms with Gasteiger partial charge in [-0.05, 0) is 19.3 Å². The summed E-state index contributed by atoms with van der Waals surface area (Å²) in [6.45, 7) is 1.87. The van der Waals surface area contributed by atoms with E-state index in [9.17, 15) is 18.0 Å². The summed E-state index contributed by atoms with van der Waals surface area (Å²) in [7, 11) is -2.15. The number of amides is 1. The molecule has 0 aliphatic carbocycles. The lowest BCUT2D eigenvalue weighted by molar-refractivity contribution is -0.143. The summed E-state index contributed by atoms with van der Waals surface area (Å²) in [6.07, 6.45) is 1.45. The van der Waals surface area contributed by atoms with E-state index in [4.69, 9.17) is 9.84 Å². The second-order valence-electron chi connectivity index (χ2n) is 4.94. The van der Waals surface area contributed by atoms with Crippen molar-refractivity contribution in [3.63, 3.8) is 0 Å². The highest BCUT2D eigenvalue weighted by Gasteiger charge is 2.39. The van der Waals surface area contributed by atoms with Gasteiger partial charge in [-0.2, -0.15) is 4.31 Å². The minimum absolute atomic E-state index is 0.0167. The first-order valence-electron chi connectivity index (χ1n) is 6.85. The third-order valence-electron chi connectivity index (χ3n) is 3.27. The van der Waals surface area contributed by atoms with Crippen LogP contribution in [0.15, 0.2) is 0 Å². The van der Waals surface area contributed by atoms with Crippen molar-refractivity contribution < 1.29 is 27.9 Å². The summed E-state index contributed by atoms with van der Waals surface area (Å²) in [5.41, 5.74) is 0. The molecule has 21 heavy (non-hydrogen) atoms. The Balaban J connectivity index is 2.78. The third kappa shape index (κ3) is 4.65. The smallest absolute Gasteiger partial charge is 0.328 e. The predicted octanol–water partition coefficient (Wildman–Crippen LogP) is -0.594. The monoisotopic (exact) mass is 322 g/mol. The fraction of sp³-hybridized carbons (Fsp3) is 0.833. The van der Waals surface area contributed by atoms with Gasteiger partial charge in [0.25, 0.3) is 0 Å². The molecule has 2 N–H and O–H groups in total. The zero-order chi connectivity index (χ0) is 16.0. The molecule has 0 radical (unpaired) electrons. The van der Waals surface area contributed by atoms with Crippen LogP contribution in [0.3, 0.4) is 0 Å². The fourth-order valence-electron chi connectivity index (χ4n) is 2.32. The largest absolute Gasteiger partial charge is 0.480 e. The summed E-state index contributed by atoms with van der Waals surface area (Å²) in [6, 6.07) is -2.01. The number of aliphatic carboxylic acids is 1.